The minimum absolute atomic E-state index is 0. The van der Waals surface area contributed by atoms with Gasteiger partial charge in [-0.1, -0.05) is 151 Å². The van der Waals surface area contributed by atoms with E-state index in [2.05, 4.69) is 0 Å². The Labute approximate surface area is 781 Å². The van der Waals surface area contributed by atoms with Crippen molar-refractivity contribution in [2.24, 2.45) is 176 Å². The van der Waals surface area contributed by atoms with Crippen molar-refractivity contribution in [3.63, 3.8) is 0 Å². The molecule has 0 heterocycles. The number of esters is 6. The van der Waals surface area contributed by atoms with Crippen molar-refractivity contribution in [2.75, 3.05) is 40.8 Å². The number of carbonyl (C=O) groups excluding carboxylic acids is 6. The summed E-state index contributed by atoms with van der Waals surface area (Å²) in [6.07, 6.45) is 45.0. The summed E-state index contributed by atoms with van der Waals surface area (Å²) in [6, 6.07) is 0. The van der Waals surface area contributed by atoms with Gasteiger partial charge in [-0.2, -0.15) is 0 Å². The summed E-state index contributed by atoms with van der Waals surface area (Å²) in [6.45, 7) is 30.2. The summed E-state index contributed by atoms with van der Waals surface area (Å²) >= 11 is 0. The molecule has 18 heteroatoms. The molecule has 0 aromatic rings. The Morgan fingerprint density at radius 2 is 0.488 bits per heavy atom. The van der Waals surface area contributed by atoms with Gasteiger partial charge in [-0.05, 0) is 402 Å². The molecular formula is C109H206O18. The minimum atomic E-state index is -0.395. The Morgan fingerprint density at radius 3 is 0.748 bits per heavy atom. The fraction of sp³-hybridized carbons (Fsp3) is 0.945. The molecule has 0 amide bonds. The number of hydrogen-bond acceptors (Lipinski definition) is 18. The predicted molar refractivity (Wildman–Crippen MR) is 519 cm³/mol. The molecule has 0 saturated heterocycles. The number of hydrogen-bond donors (Lipinski definition) is 0. The molecule has 20 aliphatic rings. The van der Waals surface area contributed by atoms with Gasteiger partial charge in [0.2, 0.25) is 0 Å². The molecule has 0 spiro atoms. The van der Waals surface area contributed by atoms with Gasteiger partial charge in [0.15, 0.2) is 40.8 Å². The Kier molecular flexibility index (Phi) is 51.5. The van der Waals surface area contributed by atoms with E-state index >= 15 is 0 Å². The quantitative estimate of drug-likeness (QED) is 0.0283. The zero-order chi connectivity index (χ0) is 81.8. The molecule has 127 heavy (non-hydrogen) atoms. The number of fused-ring (bicyclic) bond motifs is 22. The molecule has 0 aromatic carbocycles. The second-order valence-electron chi connectivity index (χ2n) is 43.1. The first kappa shape index (κ1) is 122. The Bertz CT molecular complexity index is 3130. The fourth-order valence-corrected chi connectivity index (χ4v) is 27.5. The van der Waals surface area contributed by atoms with Gasteiger partial charge in [-0.25, -0.2) is 0 Å². The van der Waals surface area contributed by atoms with Crippen molar-refractivity contribution < 1.29 is 85.6 Å². The largest absolute Gasteiger partial charge is 0.438 e. The molecule has 20 aliphatic carbocycles. The lowest BCUT2D eigenvalue weighted by Gasteiger charge is -2.53. The molecule has 20 bridgehead atoms. The molecule has 750 valence electrons. The molecule has 0 N–H and O–H groups in total. The maximum atomic E-state index is 12.0. The molecule has 23 unspecified atom stereocenters. The van der Waals surface area contributed by atoms with Gasteiger partial charge in [0.25, 0.3) is 0 Å². The summed E-state index contributed by atoms with van der Waals surface area (Å²) in [4.78, 5) is 70.4. The first-order valence-electron chi connectivity index (χ1n) is 47.8. The van der Waals surface area contributed by atoms with Crippen LogP contribution < -0.4 is 0 Å². The van der Waals surface area contributed by atoms with E-state index in [1.807, 2.05) is 104 Å². The van der Waals surface area contributed by atoms with Crippen LogP contribution in [0.1, 0.15) is 411 Å². The fourth-order valence-electron chi connectivity index (χ4n) is 27.5. The second kappa shape index (κ2) is 53.8. The van der Waals surface area contributed by atoms with E-state index in [9.17, 15) is 28.8 Å². The van der Waals surface area contributed by atoms with Crippen LogP contribution in [0.3, 0.4) is 0 Å². The van der Waals surface area contributed by atoms with Crippen LogP contribution in [0.25, 0.3) is 0 Å². The molecule has 0 aromatic heterocycles. The first-order chi connectivity index (χ1) is 55.1. The highest BCUT2D eigenvalue weighted by molar-refractivity contribution is 5.77. The van der Waals surface area contributed by atoms with E-state index in [1.54, 1.807) is 0 Å². The van der Waals surface area contributed by atoms with E-state index in [0.29, 0.717) is 36.6 Å². The lowest BCUT2D eigenvalue weighted by Crippen LogP contribution is -2.49. The maximum absolute atomic E-state index is 12.0. The molecule has 0 radical (unpaired) electrons. The van der Waals surface area contributed by atoms with Crippen LogP contribution in [0.2, 0.25) is 0 Å². The Balaban J connectivity index is 0.000000750. The van der Waals surface area contributed by atoms with Crippen LogP contribution in [0, 0.1) is 176 Å². The molecular weight excluding hydrogens is 1600 g/mol. The number of ether oxygens (including phenoxy) is 12. The van der Waals surface area contributed by atoms with Gasteiger partial charge < -0.3 is 56.8 Å². The molecule has 20 rings (SSSR count). The van der Waals surface area contributed by atoms with Crippen molar-refractivity contribution in [2.45, 2.75) is 448 Å². The summed E-state index contributed by atoms with van der Waals surface area (Å²) in [5.74, 6) is 20.4. The van der Waals surface area contributed by atoms with Crippen molar-refractivity contribution in [3.8, 4) is 0 Å². The smallest absolute Gasteiger partial charge is 0.313 e. The first-order valence-corrected chi connectivity index (χ1v) is 47.8. The molecule has 23 atom stereocenters. The van der Waals surface area contributed by atoms with Gasteiger partial charge in [0, 0.05) is 0 Å². The second-order valence-corrected chi connectivity index (χ2v) is 43.1. The number of carbonyl (C=O) groups is 6. The summed E-state index contributed by atoms with van der Waals surface area (Å²) in [7, 11) is 0. The summed E-state index contributed by atoms with van der Waals surface area (Å²) < 4.78 is 66.8. The van der Waals surface area contributed by atoms with Crippen LogP contribution in [-0.2, 0) is 85.6 Å². The van der Waals surface area contributed by atoms with Crippen molar-refractivity contribution in [3.05, 3.63) is 0 Å². The molecule has 20 fully saturated rings. The zero-order valence-corrected chi connectivity index (χ0v) is 74.2. The Hall–Kier alpha value is -3.42. The molecule has 20 saturated carbocycles. The van der Waals surface area contributed by atoms with Gasteiger partial charge in [-0.3, -0.25) is 28.8 Å². The van der Waals surface area contributed by atoms with E-state index in [-0.39, 0.29) is 183 Å². The lowest BCUT2D eigenvalue weighted by molar-refractivity contribution is -0.193. The number of rotatable bonds is 30. The highest BCUT2D eigenvalue weighted by Crippen LogP contribution is 2.69. The molecule has 18 nitrogen and oxygen atoms in total. The van der Waals surface area contributed by atoms with Crippen LogP contribution in [0.15, 0.2) is 0 Å². The van der Waals surface area contributed by atoms with E-state index < -0.39 is 16.2 Å². The van der Waals surface area contributed by atoms with Gasteiger partial charge in [0.05, 0.1) is 70.6 Å². The highest BCUT2D eigenvalue weighted by Gasteiger charge is 2.64. The van der Waals surface area contributed by atoms with Crippen LogP contribution in [-0.4, -0.2) is 113 Å². The average Bonchev–Trinajstić information content (AvgIpc) is 1.56. The molecule has 0 aliphatic heterocycles. The monoisotopic (exact) mass is 1800 g/mol. The van der Waals surface area contributed by atoms with Crippen LogP contribution in [0.4, 0.5) is 0 Å². The standard InChI is InChI=1S/C19H30O3.C18H28O3.C17H28O3.C16H26O3.C14H24O3.C13H22O3.12CH4/c1-4-19(2,3)18(20)22-10-21-15-9-13-8-14(15)17-12-6-5-11(7-12)16(13)17;1-3-10(2)18(19)21-9-20-15-8-13-7-14(15)17-12-5-4-11(6-12)16(13)17;1-4-17(2,3)16(18)20-10-19-15-13-6-11-5-12(8-13)9-14(15)7-11;1-3-10(2)16(17)19-9-18-15-13-5-11-4-12(7-13)8-14(15)6-11;1-4-14(2,3)13(15)17-9-16-12-8-10-5-6-11(12)7-10;1-3-9(2)13(14)16-8-15-12-7-10-4-5-11(12)6-10;;;;;;;;;;;;/h11-17H,4-10H2,1-3H3;10-17H,3-9H2,1-2H3;11-15H,4-10H2,1-3H3;10-15H,3-9H2,1-2H3;10-12H,4-9H2,1-3H3;9-12H,3-8H2,1-2H3;12*1H4. The van der Waals surface area contributed by atoms with Crippen molar-refractivity contribution in [1.82, 2.24) is 0 Å². The van der Waals surface area contributed by atoms with Gasteiger partial charge in [-0.15, -0.1) is 0 Å². The van der Waals surface area contributed by atoms with Gasteiger partial charge >= 0.3 is 35.8 Å². The highest BCUT2D eigenvalue weighted by atomic mass is 16.7. The van der Waals surface area contributed by atoms with E-state index in [1.165, 1.54) is 180 Å². The van der Waals surface area contributed by atoms with Crippen LogP contribution in [0.5, 0.6) is 0 Å². The third-order valence-electron chi connectivity index (χ3n) is 35.1. The zero-order valence-electron chi connectivity index (χ0n) is 74.2. The third-order valence-corrected chi connectivity index (χ3v) is 35.1. The predicted octanol–water partition coefficient (Wildman–Crippen LogP) is 28.3. The summed E-state index contributed by atoms with van der Waals surface area (Å²) in [5.41, 5.74) is -1.18. The van der Waals surface area contributed by atoms with Crippen LogP contribution >= 0.6 is 0 Å². The lowest BCUT2D eigenvalue weighted by atomic mass is 9.55. The maximum Gasteiger partial charge on any atom is 0.313 e. The Morgan fingerprint density at radius 1 is 0.244 bits per heavy atom. The summed E-state index contributed by atoms with van der Waals surface area (Å²) in [5, 5.41) is 0. The SMILES string of the molecule is C.C.C.C.C.C.C.C.C.C.C.C.CCC(C)(C)C(=O)OCOC1C2CC3CC(C2)CC1C3.CCC(C)(C)C(=O)OCOC1CC2CC1C1C3CCC(C3)C21.CCC(C)(C)C(=O)OCOC1CC2CCC1C2.CCC(C)C(=O)OCOC1C2CC3CC(C2)CC1C3.CCC(C)C(=O)OCOC1CC2CC1C1C3CCC(C3)C21.CCC(C)C(=O)OCOC1CC2CCC1C2. The van der Waals surface area contributed by atoms with Gasteiger partial charge in [0.1, 0.15) is 0 Å². The van der Waals surface area contributed by atoms with Crippen molar-refractivity contribution >= 4 is 35.8 Å². The van der Waals surface area contributed by atoms with Crippen molar-refractivity contribution in [1.29, 1.82) is 0 Å². The topological polar surface area (TPSA) is 213 Å². The third kappa shape index (κ3) is 28.6. The normalized spacial score (nSPS) is 36.6. The average molecular weight is 1800 g/mol. The van der Waals surface area contributed by atoms with E-state index in [4.69, 9.17) is 56.8 Å². The van der Waals surface area contributed by atoms with E-state index in [0.717, 1.165) is 181 Å². The minimum Gasteiger partial charge on any atom is -0.438 e.